The molecule has 0 spiro atoms. The van der Waals surface area contributed by atoms with Crippen molar-refractivity contribution in [2.45, 2.75) is 52.6 Å². The lowest BCUT2D eigenvalue weighted by Crippen LogP contribution is -2.48. The van der Waals surface area contributed by atoms with E-state index in [4.69, 9.17) is 5.73 Å². The zero-order valence-electron chi connectivity index (χ0n) is 13.5. The number of carbonyl (C=O) groups excluding carboxylic acids is 1. The third-order valence-electron chi connectivity index (χ3n) is 3.98. The zero-order chi connectivity index (χ0) is 14.7. The van der Waals surface area contributed by atoms with Crippen molar-refractivity contribution in [3.63, 3.8) is 0 Å². The van der Waals surface area contributed by atoms with E-state index in [0.717, 1.165) is 44.1 Å². The lowest BCUT2D eigenvalue weighted by molar-refractivity contribution is -0.134. The molecule has 1 aliphatic rings. The molecule has 8 heteroatoms. The molecule has 1 aliphatic heterocycles. The Balaban J connectivity index is 0.00000220. The number of nitrogens with two attached hydrogens (primary N) is 1. The summed E-state index contributed by atoms with van der Waals surface area (Å²) in [5.74, 6) is 2.27. The summed E-state index contributed by atoms with van der Waals surface area (Å²) >= 11 is 0. The van der Waals surface area contributed by atoms with Crippen molar-refractivity contribution >= 4 is 30.7 Å². The Morgan fingerprint density at radius 2 is 2.09 bits per heavy atom. The highest BCUT2D eigenvalue weighted by Crippen LogP contribution is 2.19. The Bertz CT molecular complexity index is 480. The SMILES string of the molecule is CC[C@H](N)C(=O)N1CCCC(Cn2nc(C)nc2C)C1.Cl.Cl. The van der Waals surface area contributed by atoms with Crippen molar-refractivity contribution in [1.82, 2.24) is 19.7 Å². The third kappa shape index (κ3) is 5.11. The molecule has 0 aliphatic carbocycles. The van der Waals surface area contributed by atoms with Gasteiger partial charge in [0.15, 0.2) is 0 Å². The minimum absolute atomic E-state index is 0. The van der Waals surface area contributed by atoms with Gasteiger partial charge in [-0.25, -0.2) is 9.67 Å². The van der Waals surface area contributed by atoms with Gasteiger partial charge < -0.3 is 10.6 Å². The minimum Gasteiger partial charge on any atom is -0.341 e. The summed E-state index contributed by atoms with van der Waals surface area (Å²) in [6.07, 6.45) is 2.87. The van der Waals surface area contributed by atoms with Crippen LogP contribution in [0.2, 0.25) is 0 Å². The first-order valence-corrected chi connectivity index (χ1v) is 7.43. The van der Waals surface area contributed by atoms with Gasteiger partial charge in [-0.1, -0.05) is 6.92 Å². The Morgan fingerprint density at radius 3 is 2.64 bits per heavy atom. The number of aromatic nitrogens is 3. The zero-order valence-corrected chi connectivity index (χ0v) is 15.1. The average molecular weight is 352 g/mol. The Labute approximate surface area is 144 Å². The van der Waals surface area contributed by atoms with Gasteiger partial charge in [-0.15, -0.1) is 24.8 Å². The number of rotatable bonds is 4. The molecule has 1 aromatic heterocycles. The molecule has 1 aromatic rings. The predicted octanol–water partition coefficient (Wildman–Crippen LogP) is 1.71. The first kappa shape index (κ1) is 21.1. The highest BCUT2D eigenvalue weighted by Gasteiger charge is 2.27. The normalized spacial score (nSPS) is 19.1. The fourth-order valence-corrected chi connectivity index (χ4v) is 2.80. The smallest absolute Gasteiger partial charge is 0.239 e. The molecule has 2 atom stereocenters. The monoisotopic (exact) mass is 351 g/mol. The first-order chi connectivity index (χ1) is 9.51. The van der Waals surface area contributed by atoms with Crippen LogP contribution in [0, 0.1) is 19.8 Å². The quantitative estimate of drug-likeness (QED) is 0.895. The van der Waals surface area contributed by atoms with Crippen LogP contribution in [0.25, 0.3) is 0 Å². The number of aryl methyl sites for hydroxylation is 2. The van der Waals surface area contributed by atoms with Crippen molar-refractivity contribution in [2.24, 2.45) is 11.7 Å². The van der Waals surface area contributed by atoms with Gasteiger partial charge in [-0.3, -0.25) is 4.79 Å². The van der Waals surface area contributed by atoms with Gasteiger partial charge in [0, 0.05) is 19.6 Å². The van der Waals surface area contributed by atoms with Crippen molar-refractivity contribution in [2.75, 3.05) is 13.1 Å². The highest BCUT2D eigenvalue weighted by molar-refractivity contribution is 5.85. The van der Waals surface area contributed by atoms with Gasteiger partial charge in [0.05, 0.1) is 6.04 Å². The number of carbonyl (C=O) groups is 1. The van der Waals surface area contributed by atoms with Crippen molar-refractivity contribution in [3.05, 3.63) is 11.6 Å². The van der Waals surface area contributed by atoms with E-state index in [1.807, 2.05) is 30.4 Å². The Kier molecular flexibility index (Phi) is 8.96. The van der Waals surface area contributed by atoms with Crippen LogP contribution in [-0.2, 0) is 11.3 Å². The molecule has 0 bridgehead atoms. The fourth-order valence-electron chi connectivity index (χ4n) is 2.80. The molecule has 1 fully saturated rings. The molecule has 2 rings (SSSR count). The number of hydrogen-bond acceptors (Lipinski definition) is 4. The van der Waals surface area contributed by atoms with Gasteiger partial charge in [0.2, 0.25) is 5.91 Å². The van der Waals surface area contributed by atoms with Crippen LogP contribution in [0.1, 0.15) is 37.8 Å². The number of hydrogen-bond donors (Lipinski definition) is 1. The molecule has 2 N–H and O–H groups in total. The first-order valence-electron chi connectivity index (χ1n) is 7.43. The van der Waals surface area contributed by atoms with Gasteiger partial charge in [0.25, 0.3) is 0 Å². The second kappa shape index (κ2) is 9.33. The van der Waals surface area contributed by atoms with Gasteiger partial charge in [-0.2, -0.15) is 5.10 Å². The van der Waals surface area contributed by atoms with E-state index in [9.17, 15) is 4.79 Å². The lowest BCUT2D eigenvalue weighted by atomic mass is 9.97. The molecule has 0 radical (unpaired) electrons. The van der Waals surface area contributed by atoms with E-state index in [0.29, 0.717) is 12.3 Å². The van der Waals surface area contributed by atoms with E-state index in [1.54, 1.807) is 0 Å². The van der Waals surface area contributed by atoms with E-state index in [2.05, 4.69) is 10.1 Å². The predicted molar refractivity (Wildman–Crippen MR) is 91.6 cm³/mol. The largest absolute Gasteiger partial charge is 0.341 e. The number of halogens is 2. The second-order valence-corrected chi connectivity index (χ2v) is 5.70. The third-order valence-corrected chi connectivity index (χ3v) is 3.98. The molecule has 0 aromatic carbocycles. The molecule has 1 amide bonds. The molecule has 1 unspecified atom stereocenters. The maximum absolute atomic E-state index is 12.2. The Morgan fingerprint density at radius 1 is 1.41 bits per heavy atom. The van der Waals surface area contributed by atoms with Crippen LogP contribution in [0.15, 0.2) is 0 Å². The minimum atomic E-state index is -0.357. The highest BCUT2D eigenvalue weighted by atomic mass is 35.5. The van der Waals surface area contributed by atoms with Crippen LogP contribution >= 0.6 is 24.8 Å². The summed E-state index contributed by atoms with van der Waals surface area (Å²) in [4.78, 5) is 18.4. The number of nitrogens with zero attached hydrogens (tertiary/aromatic N) is 4. The van der Waals surface area contributed by atoms with Gasteiger partial charge >= 0.3 is 0 Å². The fraction of sp³-hybridized carbons (Fsp3) is 0.786. The van der Waals surface area contributed by atoms with Gasteiger partial charge in [-0.05, 0) is 39.0 Å². The van der Waals surface area contributed by atoms with Crippen LogP contribution < -0.4 is 5.73 Å². The summed E-state index contributed by atoms with van der Waals surface area (Å²) in [6.45, 7) is 8.27. The van der Waals surface area contributed by atoms with E-state index in [-0.39, 0.29) is 36.8 Å². The maximum atomic E-state index is 12.2. The molecule has 6 nitrogen and oxygen atoms in total. The summed E-state index contributed by atoms with van der Waals surface area (Å²) in [5, 5.41) is 4.40. The topological polar surface area (TPSA) is 77.0 Å². The summed E-state index contributed by atoms with van der Waals surface area (Å²) in [5.41, 5.74) is 5.85. The molecule has 2 heterocycles. The molecular weight excluding hydrogens is 325 g/mol. The van der Waals surface area contributed by atoms with Gasteiger partial charge in [0.1, 0.15) is 11.6 Å². The Hall–Kier alpha value is -0.850. The molecular formula is C14H27Cl2N5O. The average Bonchev–Trinajstić information content (AvgIpc) is 2.75. The van der Waals surface area contributed by atoms with Crippen molar-refractivity contribution in [3.8, 4) is 0 Å². The van der Waals surface area contributed by atoms with E-state index >= 15 is 0 Å². The van der Waals surface area contributed by atoms with Crippen LogP contribution in [0.4, 0.5) is 0 Å². The lowest BCUT2D eigenvalue weighted by Gasteiger charge is -2.34. The van der Waals surface area contributed by atoms with E-state index in [1.165, 1.54) is 0 Å². The summed E-state index contributed by atoms with van der Waals surface area (Å²) < 4.78 is 1.95. The number of amides is 1. The second-order valence-electron chi connectivity index (χ2n) is 5.70. The molecule has 0 saturated carbocycles. The standard InChI is InChI=1S/C14H25N5O.2ClH/c1-4-13(15)14(20)18-7-5-6-12(8-18)9-19-11(3)16-10(2)17-19;;/h12-13H,4-9,15H2,1-3H3;2*1H/t12?,13-;;/m0../s1. The maximum Gasteiger partial charge on any atom is 0.239 e. The van der Waals surface area contributed by atoms with Crippen LogP contribution in [0.5, 0.6) is 0 Å². The van der Waals surface area contributed by atoms with Crippen LogP contribution in [-0.4, -0.2) is 44.7 Å². The summed E-state index contributed by atoms with van der Waals surface area (Å²) in [6, 6.07) is -0.357. The van der Waals surface area contributed by atoms with Crippen molar-refractivity contribution in [1.29, 1.82) is 0 Å². The van der Waals surface area contributed by atoms with Crippen LogP contribution in [0.3, 0.4) is 0 Å². The number of piperidine rings is 1. The molecule has 1 saturated heterocycles. The summed E-state index contributed by atoms with van der Waals surface area (Å²) in [7, 11) is 0. The number of likely N-dealkylation sites (tertiary alicyclic amines) is 1. The molecule has 22 heavy (non-hydrogen) atoms. The molecule has 128 valence electrons. The van der Waals surface area contributed by atoms with Crippen molar-refractivity contribution < 1.29 is 4.79 Å². The van der Waals surface area contributed by atoms with E-state index < -0.39 is 0 Å².